The molecule has 3 aromatic rings. The van der Waals surface area contributed by atoms with Crippen molar-refractivity contribution in [1.82, 2.24) is 9.97 Å². The number of nitrogens with one attached hydrogen (secondary N) is 2. The van der Waals surface area contributed by atoms with Crippen LogP contribution in [0.3, 0.4) is 0 Å². The molecule has 1 heterocycles. The summed E-state index contributed by atoms with van der Waals surface area (Å²) in [5.74, 6) is 2.60. The van der Waals surface area contributed by atoms with Crippen LogP contribution in [0.25, 0.3) is 0 Å². The zero-order valence-corrected chi connectivity index (χ0v) is 15.2. The van der Waals surface area contributed by atoms with Crippen molar-refractivity contribution in [2.24, 2.45) is 0 Å². The maximum Gasteiger partial charge on any atom is 0.224 e. The molecule has 0 bridgehead atoms. The zero-order chi connectivity index (χ0) is 18.4. The summed E-state index contributed by atoms with van der Waals surface area (Å²) in [5.41, 5.74) is 1.93. The molecule has 2 N–H and O–H groups in total. The molecule has 0 spiro atoms. The molecule has 0 aliphatic rings. The molecule has 7 heteroatoms. The van der Waals surface area contributed by atoms with Crippen molar-refractivity contribution in [3.8, 4) is 11.5 Å². The monoisotopic (exact) mass is 370 g/mol. The van der Waals surface area contributed by atoms with Gasteiger partial charge in [0.2, 0.25) is 5.95 Å². The Balaban J connectivity index is 1.66. The van der Waals surface area contributed by atoms with Gasteiger partial charge in [-0.1, -0.05) is 17.7 Å². The maximum atomic E-state index is 5.90. The van der Waals surface area contributed by atoms with Crippen molar-refractivity contribution in [3.63, 3.8) is 0 Å². The SMILES string of the molecule is COc1ccc(CNc2nccc(Nc3ccc(Cl)cc3)n2)cc1OC. The van der Waals surface area contributed by atoms with Gasteiger partial charge in [-0.15, -0.1) is 0 Å². The second-order valence-corrected chi connectivity index (χ2v) is 5.88. The van der Waals surface area contributed by atoms with Crippen molar-refractivity contribution in [1.29, 1.82) is 0 Å². The van der Waals surface area contributed by atoms with E-state index in [4.69, 9.17) is 21.1 Å². The largest absolute Gasteiger partial charge is 0.493 e. The number of anilines is 3. The average molecular weight is 371 g/mol. The predicted molar refractivity (Wildman–Crippen MR) is 104 cm³/mol. The number of hydrogen-bond donors (Lipinski definition) is 2. The van der Waals surface area contributed by atoms with E-state index < -0.39 is 0 Å². The first-order valence-electron chi connectivity index (χ1n) is 7.98. The van der Waals surface area contributed by atoms with E-state index in [1.54, 1.807) is 26.5 Å². The lowest BCUT2D eigenvalue weighted by atomic mass is 10.2. The molecular formula is C19H19ClN4O2. The van der Waals surface area contributed by atoms with Gasteiger partial charge in [0.25, 0.3) is 0 Å². The third-order valence-corrected chi connectivity index (χ3v) is 3.92. The molecule has 0 aliphatic heterocycles. The summed E-state index contributed by atoms with van der Waals surface area (Å²) in [6.45, 7) is 0.560. The lowest BCUT2D eigenvalue weighted by Gasteiger charge is -2.11. The molecule has 0 aliphatic carbocycles. The summed E-state index contributed by atoms with van der Waals surface area (Å²) in [6.07, 6.45) is 1.70. The van der Waals surface area contributed by atoms with Crippen molar-refractivity contribution in [3.05, 3.63) is 65.3 Å². The maximum absolute atomic E-state index is 5.90. The van der Waals surface area contributed by atoms with Gasteiger partial charge in [0.1, 0.15) is 5.82 Å². The third kappa shape index (κ3) is 4.55. The van der Waals surface area contributed by atoms with E-state index in [9.17, 15) is 0 Å². The number of rotatable bonds is 7. The van der Waals surface area contributed by atoms with Gasteiger partial charge in [-0.25, -0.2) is 4.98 Å². The molecule has 134 valence electrons. The summed E-state index contributed by atoms with van der Waals surface area (Å²) in [7, 11) is 3.23. The van der Waals surface area contributed by atoms with Crippen molar-refractivity contribution in [2.75, 3.05) is 24.9 Å². The standard InChI is InChI=1S/C19H19ClN4O2/c1-25-16-8-3-13(11-17(16)26-2)12-22-19-21-10-9-18(24-19)23-15-6-4-14(20)5-7-15/h3-11H,12H2,1-2H3,(H2,21,22,23,24). The first kappa shape index (κ1) is 17.8. The van der Waals surface area contributed by atoms with Gasteiger partial charge >= 0.3 is 0 Å². The molecule has 3 rings (SSSR count). The number of benzene rings is 2. The topological polar surface area (TPSA) is 68.3 Å². The van der Waals surface area contributed by atoms with Crippen LogP contribution in [0.1, 0.15) is 5.56 Å². The Hall–Kier alpha value is -2.99. The lowest BCUT2D eigenvalue weighted by Crippen LogP contribution is -2.05. The van der Waals surface area contributed by atoms with Crippen LogP contribution in [0.15, 0.2) is 54.7 Å². The molecule has 0 saturated carbocycles. The summed E-state index contributed by atoms with van der Waals surface area (Å²) in [5, 5.41) is 7.11. The number of hydrogen-bond acceptors (Lipinski definition) is 6. The Morgan fingerprint density at radius 2 is 1.73 bits per heavy atom. The highest BCUT2D eigenvalue weighted by Crippen LogP contribution is 2.27. The number of methoxy groups -OCH3 is 2. The van der Waals surface area contributed by atoms with E-state index in [1.165, 1.54) is 0 Å². The van der Waals surface area contributed by atoms with Crippen LogP contribution < -0.4 is 20.1 Å². The van der Waals surface area contributed by atoms with Crippen LogP contribution in [-0.4, -0.2) is 24.2 Å². The van der Waals surface area contributed by atoms with E-state index in [-0.39, 0.29) is 0 Å². The van der Waals surface area contributed by atoms with Crippen molar-refractivity contribution in [2.45, 2.75) is 6.54 Å². The van der Waals surface area contributed by atoms with Crippen LogP contribution >= 0.6 is 11.6 Å². The molecule has 0 saturated heterocycles. The van der Waals surface area contributed by atoms with E-state index in [1.807, 2.05) is 42.5 Å². The number of halogens is 1. The Bertz CT molecular complexity index is 872. The Morgan fingerprint density at radius 3 is 2.46 bits per heavy atom. The Morgan fingerprint density at radius 1 is 0.962 bits per heavy atom. The molecule has 6 nitrogen and oxygen atoms in total. The van der Waals surface area contributed by atoms with Gasteiger partial charge in [-0.2, -0.15) is 4.98 Å². The molecule has 0 radical (unpaired) electrons. The molecule has 0 unspecified atom stereocenters. The Labute approximate surface area is 157 Å². The van der Waals surface area contributed by atoms with Crippen LogP contribution in [0.4, 0.5) is 17.5 Å². The lowest BCUT2D eigenvalue weighted by molar-refractivity contribution is 0.354. The summed E-state index contributed by atoms with van der Waals surface area (Å²) in [4.78, 5) is 8.71. The minimum absolute atomic E-state index is 0.527. The van der Waals surface area contributed by atoms with E-state index in [0.717, 1.165) is 11.3 Å². The fourth-order valence-electron chi connectivity index (χ4n) is 2.37. The molecule has 0 atom stereocenters. The van der Waals surface area contributed by atoms with Crippen LogP contribution in [-0.2, 0) is 6.54 Å². The van der Waals surface area contributed by atoms with Crippen LogP contribution in [0.2, 0.25) is 5.02 Å². The van der Waals surface area contributed by atoms with Gasteiger partial charge in [0.05, 0.1) is 14.2 Å². The fraction of sp³-hybridized carbons (Fsp3) is 0.158. The van der Waals surface area contributed by atoms with Crippen LogP contribution in [0, 0.1) is 0 Å². The molecule has 1 aromatic heterocycles. The average Bonchev–Trinajstić information content (AvgIpc) is 2.68. The van der Waals surface area contributed by atoms with Crippen molar-refractivity contribution >= 4 is 29.1 Å². The zero-order valence-electron chi connectivity index (χ0n) is 14.5. The van der Waals surface area contributed by atoms with Gasteiger partial charge in [-0.05, 0) is 48.0 Å². The van der Waals surface area contributed by atoms with Gasteiger partial charge < -0.3 is 20.1 Å². The van der Waals surface area contributed by atoms with Gasteiger partial charge in [0, 0.05) is 23.5 Å². The fourth-order valence-corrected chi connectivity index (χ4v) is 2.49. The minimum atomic E-state index is 0.527. The van der Waals surface area contributed by atoms with Gasteiger partial charge in [0.15, 0.2) is 11.5 Å². The van der Waals surface area contributed by atoms with E-state index >= 15 is 0 Å². The molecule has 0 amide bonds. The highest BCUT2D eigenvalue weighted by atomic mass is 35.5. The highest BCUT2D eigenvalue weighted by molar-refractivity contribution is 6.30. The normalized spacial score (nSPS) is 10.3. The van der Waals surface area contributed by atoms with E-state index in [2.05, 4.69) is 20.6 Å². The number of nitrogens with zero attached hydrogens (tertiary/aromatic N) is 2. The number of ether oxygens (including phenoxy) is 2. The smallest absolute Gasteiger partial charge is 0.224 e. The molecule has 2 aromatic carbocycles. The quantitative estimate of drug-likeness (QED) is 0.638. The molecule has 0 fully saturated rings. The van der Waals surface area contributed by atoms with Gasteiger partial charge in [-0.3, -0.25) is 0 Å². The van der Waals surface area contributed by atoms with E-state index in [0.29, 0.717) is 34.8 Å². The number of aromatic nitrogens is 2. The first-order valence-corrected chi connectivity index (χ1v) is 8.36. The Kier molecular flexibility index (Phi) is 5.76. The highest BCUT2D eigenvalue weighted by Gasteiger charge is 2.05. The third-order valence-electron chi connectivity index (χ3n) is 3.67. The molecule has 26 heavy (non-hydrogen) atoms. The summed E-state index contributed by atoms with van der Waals surface area (Å²) >= 11 is 5.90. The van der Waals surface area contributed by atoms with Crippen molar-refractivity contribution < 1.29 is 9.47 Å². The summed E-state index contributed by atoms with van der Waals surface area (Å²) < 4.78 is 10.6. The first-order chi connectivity index (χ1) is 12.7. The molecular weight excluding hydrogens is 352 g/mol. The second-order valence-electron chi connectivity index (χ2n) is 5.44. The summed E-state index contributed by atoms with van der Waals surface area (Å²) in [6, 6.07) is 15.0. The van der Waals surface area contributed by atoms with Crippen LogP contribution in [0.5, 0.6) is 11.5 Å². The second kappa shape index (κ2) is 8.40. The minimum Gasteiger partial charge on any atom is -0.493 e. The predicted octanol–water partition coefficient (Wildman–Crippen LogP) is 4.50.